The van der Waals surface area contributed by atoms with E-state index in [9.17, 15) is 0 Å². The van der Waals surface area contributed by atoms with Crippen molar-refractivity contribution in [1.82, 2.24) is 10.2 Å². The van der Waals surface area contributed by atoms with E-state index in [1.54, 1.807) is 0 Å². The third kappa shape index (κ3) is 4.42. The number of thioether (sulfide) groups is 1. The summed E-state index contributed by atoms with van der Waals surface area (Å²) in [6.45, 7) is 5.53. The lowest BCUT2D eigenvalue weighted by Crippen LogP contribution is -2.38. The predicted molar refractivity (Wildman–Crippen MR) is 106 cm³/mol. The fourth-order valence-corrected chi connectivity index (χ4v) is 3.94. The molecule has 0 bridgehead atoms. The van der Waals surface area contributed by atoms with Gasteiger partial charge in [-0.25, -0.2) is 4.99 Å². The smallest absolute Gasteiger partial charge is 0.136 e. The molecule has 1 aliphatic rings. The number of fused-ring (bicyclic) bond motifs is 2. The quantitative estimate of drug-likeness (QED) is 0.781. The molecule has 2 aromatic carbocycles. The molecule has 0 spiro atoms. The van der Waals surface area contributed by atoms with Crippen LogP contribution in [0.5, 0.6) is 0 Å². The van der Waals surface area contributed by atoms with Gasteiger partial charge in [0.2, 0.25) is 0 Å². The molecule has 0 fully saturated rings. The van der Waals surface area contributed by atoms with Gasteiger partial charge in [0.15, 0.2) is 0 Å². The van der Waals surface area contributed by atoms with Gasteiger partial charge >= 0.3 is 0 Å². The third-order valence-corrected chi connectivity index (χ3v) is 5.37. The second-order valence-electron chi connectivity index (χ2n) is 5.90. The molecule has 2 aromatic rings. The van der Waals surface area contributed by atoms with Crippen molar-refractivity contribution in [2.45, 2.75) is 17.6 Å². The number of hydrogen-bond acceptors (Lipinski definition) is 5. The molecule has 0 aromatic heterocycles. The Balaban J connectivity index is 1.97. The monoisotopic (exact) mass is 355 g/mol. The molecular weight excluding hydrogens is 330 g/mol. The highest BCUT2D eigenvalue weighted by Crippen LogP contribution is 2.35. The number of nitrogens with zero attached hydrogens (tertiary/aromatic N) is 2. The molecule has 0 saturated carbocycles. The van der Waals surface area contributed by atoms with E-state index < -0.39 is 0 Å². The molecule has 3 rings (SSSR count). The molecule has 132 valence electrons. The van der Waals surface area contributed by atoms with E-state index >= 15 is 0 Å². The molecule has 0 unspecified atom stereocenters. The number of likely N-dealkylation sites (N-methyl/N-ethyl adjacent to an activating group) is 1. The van der Waals surface area contributed by atoms with Crippen molar-refractivity contribution in [3.05, 3.63) is 59.7 Å². The van der Waals surface area contributed by atoms with Crippen LogP contribution < -0.4 is 5.32 Å². The lowest BCUT2D eigenvalue weighted by atomic mass is 10.1. The number of rotatable bonds is 6. The number of hydrogen-bond donors (Lipinski definition) is 2. The first-order valence-corrected chi connectivity index (χ1v) is 9.77. The second kappa shape index (κ2) is 9.04. The largest absolute Gasteiger partial charge is 0.395 e. The summed E-state index contributed by atoms with van der Waals surface area (Å²) in [6.07, 6.45) is 0. The lowest BCUT2D eigenvalue weighted by Gasteiger charge is -2.28. The van der Waals surface area contributed by atoms with E-state index in [1.165, 1.54) is 16.0 Å². The first-order valence-electron chi connectivity index (χ1n) is 8.78. The van der Waals surface area contributed by atoms with Gasteiger partial charge in [-0.2, -0.15) is 0 Å². The normalized spacial score (nSPS) is 15.4. The van der Waals surface area contributed by atoms with Crippen LogP contribution >= 0.6 is 11.8 Å². The molecule has 0 aliphatic carbocycles. The third-order valence-electron chi connectivity index (χ3n) is 4.26. The minimum atomic E-state index is 0.167. The van der Waals surface area contributed by atoms with E-state index in [1.807, 2.05) is 17.8 Å². The Morgan fingerprint density at radius 1 is 1.12 bits per heavy atom. The molecule has 1 heterocycles. The topological polar surface area (TPSA) is 47.9 Å². The number of nitrogens with one attached hydrogen (secondary N) is 1. The van der Waals surface area contributed by atoms with Gasteiger partial charge in [0.05, 0.1) is 12.3 Å². The van der Waals surface area contributed by atoms with Gasteiger partial charge in [-0.1, -0.05) is 36.4 Å². The summed E-state index contributed by atoms with van der Waals surface area (Å²) in [7, 11) is 0. The molecule has 0 radical (unpaired) electrons. The maximum atomic E-state index is 8.94. The summed E-state index contributed by atoms with van der Waals surface area (Å²) in [5, 5.41) is 12.2. The SMILES string of the molecule is CCN(CCNCCO)/C1=N/c2ccccc2SCc2ccccc21. The van der Waals surface area contributed by atoms with Gasteiger partial charge in [-0.15, -0.1) is 11.8 Å². The molecule has 25 heavy (non-hydrogen) atoms. The molecular formula is C20H25N3OS. The van der Waals surface area contributed by atoms with Crippen LogP contribution in [-0.2, 0) is 5.75 Å². The minimum Gasteiger partial charge on any atom is -0.395 e. The molecule has 0 atom stereocenters. The van der Waals surface area contributed by atoms with Crippen LogP contribution in [-0.4, -0.2) is 48.6 Å². The van der Waals surface area contributed by atoms with Crippen LogP contribution in [0.4, 0.5) is 5.69 Å². The number of amidine groups is 1. The molecule has 1 aliphatic heterocycles. The van der Waals surface area contributed by atoms with Crippen LogP contribution in [0.3, 0.4) is 0 Å². The summed E-state index contributed by atoms with van der Waals surface area (Å²) < 4.78 is 0. The first-order chi connectivity index (χ1) is 12.3. The molecule has 0 amide bonds. The van der Waals surface area contributed by atoms with Gasteiger partial charge in [0.25, 0.3) is 0 Å². The van der Waals surface area contributed by atoms with Crippen LogP contribution in [0.15, 0.2) is 58.4 Å². The van der Waals surface area contributed by atoms with Crippen molar-refractivity contribution in [3.63, 3.8) is 0 Å². The minimum absolute atomic E-state index is 0.167. The number of aliphatic hydroxyl groups is 1. The first kappa shape index (κ1) is 18.0. The average Bonchev–Trinajstić information content (AvgIpc) is 2.64. The Kier molecular flexibility index (Phi) is 6.50. The fraction of sp³-hybridized carbons (Fsp3) is 0.350. The molecule has 5 heteroatoms. The van der Waals surface area contributed by atoms with E-state index in [2.05, 4.69) is 59.6 Å². The maximum Gasteiger partial charge on any atom is 0.136 e. The van der Waals surface area contributed by atoms with Gasteiger partial charge in [0.1, 0.15) is 5.84 Å². The van der Waals surface area contributed by atoms with Gasteiger partial charge in [0, 0.05) is 42.4 Å². The van der Waals surface area contributed by atoms with E-state index in [4.69, 9.17) is 10.1 Å². The Morgan fingerprint density at radius 2 is 1.92 bits per heavy atom. The van der Waals surface area contributed by atoms with E-state index in [0.717, 1.165) is 36.9 Å². The standard InChI is InChI=1S/C20H25N3OS/c1-2-23(13-11-21-12-14-24)20-17-8-4-3-7-16(17)15-25-19-10-6-5-9-18(19)22-20/h3-10,21,24H,2,11-15H2,1H3/b22-20+. The zero-order chi connectivity index (χ0) is 17.5. The van der Waals surface area contributed by atoms with Crippen molar-refractivity contribution in [3.8, 4) is 0 Å². The highest BCUT2D eigenvalue weighted by atomic mass is 32.2. The highest BCUT2D eigenvalue weighted by Gasteiger charge is 2.19. The van der Waals surface area contributed by atoms with Crippen molar-refractivity contribution in [1.29, 1.82) is 0 Å². The zero-order valence-electron chi connectivity index (χ0n) is 14.6. The predicted octanol–water partition coefficient (Wildman–Crippen LogP) is 3.27. The molecule has 2 N–H and O–H groups in total. The molecule has 4 nitrogen and oxygen atoms in total. The van der Waals surface area contributed by atoms with Crippen molar-refractivity contribution in [2.24, 2.45) is 4.99 Å². The fourth-order valence-electron chi connectivity index (χ4n) is 2.94. The van der Waals surface area contributed by atoms with Crippen molar-refractivity contribution >= 4 is 23.3 Å². The second-order valence-corrected chi connectivity index (χ2v) is 6.92. The van der Waals surface area contributed by atoms with Gasteiger partial charge in [-0.3, -0.25) is 0 Å². The van der Waals surface area contributed by atoms with Gasteiger partial charge in [-0.05, 0) is 24.6 Å². The Hall–Kier alpha value is -1.82. The van der Waals surface area contributed by atoms with Crippen LogP contribution in [0.1, 0.15) is 18.1 Å². The maximum absolute atomic E-state index is 8.94. The summed E-state index contributed by atoms with van der Waals surface area (Å²) in [5.41, 5.74) is 3.58. The van der Waals surface area contributed by atoms with Crippen molar-refractivity contribution in [2.75, 3.05) is 32.8 Å². The van der Waals surface area contributed by atoms with Crippen LogP contribution in [0.2, 0.25) is 0 Å². The Labute approximate surface area is 154 Å². The van der Waals surface area contributed by atoms with Crippen LogP contribution in [0, 0.1) is 0 Å². The van der Waals surface area contributed by atoms with Gasteiger partial charge < -0.3 is 15.3 Å². The van der Waals surface area contributed by atoms with E-state index in [-0.39, 0.29) is 6.61 Å². The summed E-state index contributed by atoms with van der Waals surface area (Å²) in [6, 6.07) is 16.9. The van der Waals surface area contributed by atoms with Crippen LogP contribution in [0.25, 0.3) is 0 Å². The number of aliphatic imine (C=N–C) groups is 1. The number of aliphatic hydroxyl groups excluding tert-OH is 1. The Bertz CT molecular complexity index is 732. The Morgan fingerprint density at radius 3 is 2.76 bits per heavy atom. The summed E-state index contributed by atoms with van der Waals surface area (Å²) in [5.74, 6) is 1.99. The summed E-state index contributed by atoms with van der Waals surface area (Å²) in [4.78, 5) is 8.60. The number of para-hydroxylation sites is 1. The lowest BCUT2D eigenvalue weighted by molar-refractivity contribution is 0.289. The average molecular weight is 356 g/mol. The van der Waals surface area contributed by atoms with E-state index in [0.29, 0.717) is 6.54 Å². The van der Waals surface area contributed by atoms with Crippen molar-refractivity contribution < 1.29 is 5.11 Å². The number of benzene rings is 2. The zero-order valence-corrected chi connectivity index (χ0v) is 15.4. The molecule has 0 saturated heterocycles. The summed E-state index contributed by atoms with van der Waals surface area (Å²) >= 11 is 1.85. The highest BCUT2D eigenvalue weighted by molar-refractivity contribution is 7.98.